The molecule has 0 aliphatic carbocycles. The molecule has 116 valence electrons. The lowest BCUT2D eigenvalue weighted by molar-refractivity contribution is -0.117. The molecule has 2 N–H and O–H groups in total. The van der Waals surface area contributed by atoms with E-state index in [1.165, 1.54) is 0 Å². The lowest BCUT2D eigenvalue weighted by atomic mass is 9.77. The van der Waals surface area contributed by atoms with Crippen molar-refractivity contribution in [3.8, 4) is 11.5 Å². The molecule has 3 heteroatoms. The van der Waals surface area contributed by atoms with Crippen LogP contribution in [0.3, 0.4) is 0 Å². The highest BCUT2D eigenvalue weighted by Gasteiger charge is 2.24. The molecule has 0 aliphatic rings. The van der Waals surface area contributed by atoms with E-state index in [0.717, 1.165) is 17.5 Å². The van der Waals surface area contributed by atoms with Crippen LogP contribution in [0.5, 0.6) is 11.5 Å². The summed E-state index contributed by atoms with van der Waals surface area (Å²) >= 11 is 0. The van der Waals surface area contributed by atoms with Crippen molar-refractivity contribution in [1.29, 1.82) is 0 Å². The van der Waals surface area contributed by atoms with Gasteiger partial charge in [-0.1, -0.05) is 31.2 Å². The van der Waals surface area contributed by atoms with Gasteiger partial charge in [0, 0.05) is 6.42 Å². The number of ketones is 1. The molecule has 0 heterocycles. The van der Waals surface area contributed by atoms with Crippen LogP contribution in [0.15, 0.2) is 48.5 Å². The Bertz CT molecular complexity index is 614. The van der Waals surface area contributed by atoms with Crippen LogP contribution in [-0.4, -0.2) is 16.0 Å². The molecule has 0 aliphatic heterocycles. The quantitative estimate of drug-likeness (QED) is 0.833. The Morgan fingerprint density at radius 3 is 1.64 bits per heavy atom. The molecule has 0 saturated heterocycles. The number of benzene rings is 2. The lowest BCUT2D eigenvalue weighted by Crippen LogP contribution is -2.14. The Hall–Kier alpha value is -2.29. The van der Waals surface area contributed by atoms with E-state index >= 15 is 0 Å². The zero-order valence-electron chi connectivity index (χ0n) is 13.0. The van der Waals surface area contributed by atoms with Gasteiger partial charge in [0.2, 0.25) is 0 Å². The Morgan fingerprint density at radius 2 is 1.27 bits per heavy atom. The zero-order valence-corrected chi connectivity index (χ0v) is 13.0. The van der Waals surface area contributed by atoms with Crippen molar-refractivity contribution >= 4 is 5.78 Å². The highest BCUT2D eigenvalue weighted by Crippen LogP contribution is 2.39. The molecule has 0 amide bonds. The summed E-state index contributed by atoms with van der Waals surface area (Å²) in [5.41, 5.74) is 2.16. The normalized spacial score (nSPS) is 13.5. The molecule has 2 aromatic carbocycles. The fraction of sp³-hybridized carbons (Fsp3) is 0.316. The first-order chi connectivity index (χ1) is 10.5. The smallest absolute Gasteiger partial charge is 0.130 e. The second-order valence-corrected chi connectivity index (χ2v) is 5.71. The first-order valence-electron chi connectivity index (χ1n) is 7.58. The van der Waals surface area contributed by atoms with Gasteiger partial charge in [-0.25, -0.2) is 0 Å². The Morgan fingerprint density at radius 1 is 0.864 bits per heavy atom. The first-order valence-corrected chi connectivity index (χ1v) is 7.58. The predicted molar refractivity (Wildman–Crippen MR) is 87.3 cm³/mol. The van der Waals surface area contributed by atoms with Crippen LogP contribution in [0, 0.1) is 0 Å². The summed E-state index contributed by atoms with van der Waals surface area (Å²) in [6.07, 6.45) is 1.35. The summed E-state index contributed by atoms with van der Waals surface area (Å²) in [5.74, 6) is 0.867. The minimum Gasteiger partial charge on any atom is -0.508 e. The van der Waals surface area contributed by atoms with Crippen LogP contribution in [0.25, 0.3) is 0 Å². The van der Waals surface area contributed by atoms with E-state index in [2.05, 4.69) is 6.92 Å². The van der Waals surface area contributed by atoms with Gasteiger partial charge in [-0.05, 0) is 60.6 Å². The minimum atomic E-state index is 0.0626. The van der Waals surface area contributed by atoms with Crippen LogP contribution in [0.4, 0.5) is 0 Å². The summed E-state index contributed by atoms with van der Waals surface area (Å²) in [7, 11) is 0. The van der Waals surface area contributed by atoms with Crippen LogP contribution < -0.4 is 0 Å². The second kappa shape index (κ2) is 7.12. The Balaban J connectivity index is 2.39. The molecule has 0 saturated carbocycles. The van der Waals surface area contributed by atoms with Crippen LogP contribution in [0.1, 0.15) is 49.7 Å². The maximum atomic E-state index is 11.7. The molecule has 2 atom stereocenters. The molecule has 0 bridgehead atoms. The lowest BCUT2D eigenvalue weighted by Gasteiger charge is -2.26. The van der Waals surface area contributed by atoms with E-state index in [9.17, 15) is 15.0 Å². The summed E-state index contributed by atoms with van der Waals surface area (Å²) in [4.78, 5) is 11.7. The Labute approximate surface area is 131 Å². The number of Topliss-reactive ketones (excluding diaryl/α,β-unsaturated/α-hetero) is 1. The van der Waals surface area contributed by atoms with Crippen molar-refractivity contribution in [2.45, 2.75) is 38.5 Å². The van der Waals surface area contributed by atoms with Crippen LogP contribution >= 0.6 is 0 Å². The van der Waals surface area contributed by atoms with Gasteiger partial charge in [-0.2, -0.15) is 0 Å². The maximum Gasteiger partial charge on any atom is 0.130 e. The van der Waals surface area contributed by atoms with Crippen molar-refractivity contribution in [3.05, 3.63) is 59.7 Å². The van der Waals surface area contributed by atoms with Gasteiger partial charge < -0.3 is 15.0 Å². The minimum absolute atomic E-state index is 0.0626. The molecule has 0 spiro atoms. The number of hydrogen-bond donors (Lipinski definition) is 2. The van der Waals surface area contributed by atoms with Gasteiger partial charge in [0.05, 0.1) is 0 Å². The number of phenolic OH excluding ortho intramolecular Hbond substituents is 2. The summed E-state index contributed by atoms with van der Waals surface area (Å²) < 4.78 is 0. The summed E-state index contributed by atoms with van der Waals surface area (Å²) in [6.45, 7) is 3.71. The average Bonchev–Trinajstić information content (AvgIpc) is 2.49. The highest BCUT2D eigenvalue weighted by atomic mass is 16.3. The first kappa shape index (κ1) is 16.1. The Kier molecular flexibility index (Phi) is 5.21. The van der Waals surface area contributed by atoms with Gasteiger partial charge in [0.1, 0.15) is 17.3 Å². The number of aromatic hydroxyl groups is 2. The van der Waals surface area contributed by atoms with Crippen molar-refractivity contribution in [3.63, 3.8) is 0 Å². The van der Waals surface area contributed by atoms with E-state index in [4.69, 9.17) is 0 Å². The number of carbonyl (C=O) groups excluding carboxylic acids is 1. The number of rotatable bonds is 6. The largest absolute Gasteiger partial charge is 0.508 e. The van der Waals surface area contributed by atoms with Gasteiger partial charge in [0.15, 0.2) is 0 Å². The molecule has 2 rings (SSSR count). The van der Waals surface area contributed by atoms with Crippen LogP contribution in [-0.2, 0) is 4.79 Å². The summed E-state index contributed by atoms with van der Waals surface area (Å²) in [5, 5.41) is 18.9. The molecule has 22 heavy (non-hydrogen) atoms. The van der Waals surface area contributed by atoms with E-state index in [0.29, 0.717) is 6.42 Å². The van der Waals surface area contributed by atoms with Crippen LogP contribution in [0.2, 0.25) is 0 Å². The third kappa shape index (κ3) is 3.88. The van der Waals surface area contributed by atoms with Gasteiger partial charge in [-0.15, -0.1) is 0 Å². The van der Waals surface area contributed by atoms with Gasteiger partial charge >= 0.3 is 0 Å². The fourth-order valence-electron chi connectivity index (χ4n) is 3.00. The van der Waals surface area contributed by atoms with Gasteiger partial charge in [0.25, 0.3) is 0 Å². The van der Waals surface area contributed by atoms with Gasteiger partial charge in [-0.3, -0.25) is 0 Å². The topological polar surface area (TPSA) is 57.5 Å². The molecule has 0 fully saturated rings. The third-order valence-corrected chi connectivity index (χ3v) is 4.08. The van der Waals surface area contributed by atoms with E-state index in [-0.39, 0.29) is 29.1 Å². The fourth-order valence-corrected chi connectivity index (χ4v) is 3.00. The average molecular weight is 298 g/mol. The molecule has 0 unspecified atom stereocenters. The second-order valence-electron chi connectivity index (χ2n) is 5.71. The van der Waals surface area contributed by atoms with Crippen molar-refractivity contribution < 1.29 is 15.0 Å². The van der Waals surface area contributed by atoms with Crippen molar-refractivity contribution in [2.75, 3.05) is 0 Å². The molecule has 2 aromatic rings. The van der Waals surface area contributed by atoms with Crippen molar-refractivity contribution in [2.24, 2.45) is 0 Å². The number of hydrogen-bond acceptors (Lipinski definition) is 3. The van der Waals surface area contributed by atoms with Crippen molar-refractivity contribution in [1.82, 2.24) is 0 Å². The molecule has 0 aromatic heterocycles. The predicted octanol–water partition coefficient (Wildman–Crippen LogP) is 4.35. The zero-order chi connectivity index (χ0) is 16.1. The van der Waals surface area contributed by atoms with E-state index in [1.807, 2.05) is 24.3 Å². The number of phenols is 2. The van der Waals surface area contributed by atoms with E-state index in [1.54, 1.807) is 31.2 Å². The van der Waals surface area contributed by atoms with E-state index < -0.39 is 0 Å². The standard InChI is InChI=1S/C19H22O3/c1-3-18(14-4-8-16(21)9-5-14)19(12-13(2)20)15-6-10-17(22)11-7-15/h4-11,18-19,21-22H,3,12H2,1-2H3/t18-,19+/m1/s1. The molecule has 3 nitrogen and oxygen atoms in total. The monoisotopic (exact) mass is 298 g/mol. The third-order valence-electron chi connectivity index (χ3n) is 4.08. The SMILES string of the molecule is CC[C@H](c1ccc(O)cc1)[C@@H](CC(C)=O)c1ccc(O)cc1. The molecule has 0 radical (unpaired) electrons. The maximum absolute atomic E-state index is 11.7. The summed E-state index contributed by atoms with van der Waals surface area (Å²) in [6, 6.07) is 14.3. The highest BCUT2D eigenvalue weighted by molar-refractivity contribution is 5.76. The molecular formula is C19H22O3. The number of carbonyl (C=O) groups is 1. The molecular weight excluding hydrogens is 276 g/mol.